The molecule has 0 aliphatic carbocycles. The molecule has 12 nitrogen and oxygen atoms in total. The third-order valence-electron chi connectivity index (χ3n) is 12.2. The zero-order valence-electron chi connectivity index (χ0n) is 37.7. The Hall–Kier alpha value is -6.10. The van der Waals surface area contributed by atoms with Crippen LogP contribution in [0.1, 0.15) is 34.9 Å². The van der Waals surface area contributed by atoms with Crippen LogP contribution >= 0.6 is 22.9 Å². The van der Waals surface area contributed by atoms with Gasteiger partial charge in [0.2, 0.25) is 12.0 Å². The van der Waals surface area contributed by atoms with Crippen LogP contribution in [0.2, 0.25) is 5.02 Å². The van der Waals surface area contributed by atoms with Crippen LogP contribution < -0.4 is 14.2 Å². The zero-order chi connectivity index (χ0) is 46.6. The third kappa shape index (κ3) is 10.3. The summed E-state index contributed by atoms with van der Waals surface area (Å²) in [4.78, 5) is 41.3. The number of benzene rings is 4. The number of thiophene rings is 1. The number of halogens is 3. The van der Waals surface area contributed by atoms with E-state index in [1.165, 1.54) is 55.1 Å². The van der Waals surface area contributed by atoms with E-state index in [9.17, 15) is 13.6 Å². The first kappa shape index (κ1) is 46.0. The summed E-state index contributed by atoms with van der Waals surface area (Å²) < 4.78 is 53.2. The topological polar surface area (TPSA) is 115 Å². The lowest BCUT2D eigenvalue weighted by Crippen LogP contribution is -2.46. The van der Waals surface area contributed by atoms with Gasteiger partial charge in [-0.05, 0) is 96.7 Å². The lowest BCUT2D eigenvalue weighted by molar-refractivity contribution is -0.151. The Kier molecular flexibility index (Phi) is 14.0. The summed E-state index contributed by atoms with van der Waals surface area (Å²) in [7, 11) is 3.66. The van der Waals surface area contributed by atoms with E-state index in [1.807, 2.05) is 19.1 Å². The van der Waals surface area contributed by atoms with E-state index in [4.69, 9.17) is 35.5 Å². The van der Waals surface area contributed by atoms with Gasteiger partial charge >= 0.3 is 5.97 Å². The van der Waals surface area contributed by atoms with Gasteiger partial charge in [-0.3, -0.25) is 9.80 Å². The first-order chi connectivity index (χ1) is 32.5. The van der Waals surface area contributed by atoms with Crippen LogP contribution in [-0.4, -0.2) is 107 Å². The highest BCUT2D eigenvalue weighted by Gasteiger charge is 2.30. The van der Waals surface area contributed by atoms with E-state index in [1.54, 1.807) is 31.3 Å². The standard InChI is InChI=1S/C51H50ClF2N7O5S/c1-5-64-51(62)43-25-35-24-32(6-14-41(35)65-29-38-16-17-55-48(58-38)40-26-37(54)12-15-42(40)63-4)27-61(23-22-60-20-18-59(3)19-21-60)28-34-9-13-39(31(2)46(34)52)44-45-49(66-43)56-30-57-50(45)67-47(44)33-7-10-36(53)11-8-33/h6-17,24,26,30,43H,5,18-23,25,27-29H2,1-4H3/t43-/m1/s1. The number of carbonyl (C=O) groups is 1. The Morgan fingerprint density at radius 1 is 0.866 bits per heavy atom. The van der Waals surface area contributed by atoms with Crippen LogP contribution in [0.5, 0.6) is 17.4 Å². The molecule has 346 valence electrons. The summed E-state index contributed by atoms with van der Waals surface area (Å²) in [6.45, 7) is 10.7. The van der Waals surface area contributed by atoms with Gasteiger partial charge in [0, 0.05) is 80.4 Å². The monoisotopic (exact) mass is 945 g/mol. The van der Waals surface area contributed by atoms with Crippen molar-refractivity contribution in [3.63, 3.8) is 0 Å². The van der Waals surface area contributed by atoms with Crippen LogP contribution in [0.3, 0.4) is 0 Å². The minimum Gasteiger partial charge on any atom is -0.496 e. The summed E-state index contributed by atoms with van der Waals surface area (Å²) in [5.74, 6) is 0.0297. The van der Waals surface area contributed by atoms with Crippen molar-refractivity contribution in [2.24, 2.45) is 0 Å². The highest BCUT2D eigenvalue weighted by Crippen LogP contribution is 2.49. The number of aromatic nitrogens is 4. The van der Waals surface area contributed by atoms with E-state index in [2.05, 4.69) is 54.9 Å². The van der Waals surface area contributed by atoms with Gasteiger partial charge < -0.3 is 23.8 Å². The molecule has 4 aromatic carbocycles. The molecule has 1 atom stereocenters. The van der Waals surface area contributed by atoms with Crippen molar-refractivity contribution in [3.05, 3.63) is 136 Å². The highest BCUT2D eigenvalue weighted by atomic mass is 35.5. The van der Waals surface area contributed by atoms with Crippen LogP contribution in [0.15, 0.2) is 91.4 Å². The fourth-order valence-electron chi connectivity index (χ4n) is 8.65. The number of methoxy groups -OCH3 is 1. The number of nitrogens with zero attached hydrogens (tertiary/aromatic N) is 7. The highest BCUT2D eigenvalue weighted by molar-refractivity contribution is 7.22. The molecule has 16 heteroatoms. The summed E-state index contributed by atoms with van der Waals surface area (Å²) >= 11 is 8.84. The third-order valence-corrected chi connectivity index (χ3v) is 13.9. The Balaban J connectivity index is 1.15. The minimum atomic E-state index is -1.17. The summed E-state index contributed by atoms with van der Waals surface area (Å²) in [6.07, 6.45) is 1.90. The van der Waals surface area contributed by atoms with Crippen LogP contribution in [0, 0.1) is 18.6 Å². The Bertz CT molecular complexity index is 2910. The van der Waals surface area contributed by atoms with Gasteiger partial charge in [0.1, 0.15) is 40.9 Å². The average Bonchev–Trinajstić information content (AvgIpc) is 3.72. The molecule has 0 unspecified atom stereocenters. The van der Waals surface area contributed by atoms with Crippen LogP contribution in [0.4, 0.5) is 8.78 Å². The van der Waals surface area contributed by atoms with Crippen molar-refractivity contribution < 1.29 is 32.5 Å². The molecular formula is C51H50ClF2N7O5S. The first-order valence-electron chi connectivity index (χ1n) is 22.2. The van der Waals surface area contributed by atoms with E-state index in [0.717, 1.165) is 77.5 Å². The SMILES string of the molecule is CCOC(=O)[C@H]1Cc2cc(ccc2OCc2ccnc(-c3cc(F)ccc3OC)n2)CN(CCN2CCN(C)CC2)Cc2ccc(c(C)c2Cl)-c2c(-c3ccc(F)cc3)sc3ncnc(c23)O1. The molecule has 1 saturated heterocycles. The van der Waals surface area contributed by atoms with Gasteiger partial charge in [0.25, 0.3) is 0 Å². The number of ether oxygens (including phenoxy) is 4. The number of rotatable bonds is 11. The Morgan fingerprint density at radius 2 is 1.64 bits per heavy atom. The maximum Gasteiger partial charge on any atom is 0.347 e. The molecular weight excluding hydrogens is 896 g/mol. The predicted octanol–water partition coefficient (Wildman–Crippen LogP) is 9.43. The smallest absolute Gasteiger partial charge is 0.347 e. The molecule has 7 aromatic rings. The maximum absolute atomic E-state index is 14.4. The molecule has 3 aliphatic rings. The molecule has 1 fully saturated rings. The van der Waals surface area contributed by atoms with Gasteiger partial charge in [0.15, 0.2) is 5.82 Å². The molecule has 10 rings (SSSR count). The van der Waals surface area contributed by atoms with Crippen molar-refractivity contribution in [2.45, 2.75) is 46.1 Å². The molecule has 0 radical (unpaired) electrons. The Morgan fingerprint density at radius 3 is 2.43 bits per heavy atom. The van der Waals surface area contributed by atoms with Crippen LogP contribution in [0.25, 0.3) is 43.2 Å². The number of fused-ring (bicyclic) bond motifs is 6. The van der Waals surface area contributed by atoms with Gasteiger partial charge in [0.05, 0.1) is 30.4 Å². The minimum absolute atomic E-state index is 0.0337. The second-order valence-electron chi connectivity index (χ2n) is 16.7. The summed E-state index contributed by atoms with van der Waals surface area (Å²) in [5.41, 5.74) is 6.86. The molecule has 0 N–H and O–H groups in total. The van der Waals surface area contributed by atoms with Gasteiger partial charge in [-0.1, -0.05) is 48.0 Å². The fraction of sp³-hybridized carbons (Fsp3) is 0.314. The molecule has 0 amide bonds. The lowest BCUT2D eigenvalue weighted by atomic mass is 9.94. The lowest BCUT2D eigenvalue weighted by Gasteiger charge is -2.34. The van der Waals surface area contributed by atoms with Crippen molar-refractivity contribution in [1.82, 2.24) is 34.6 Å². The fourth-order valence-corrected chi connectivity index (χ4v) is 10.0. The summed E-state index contributed by atoms with van der Waals surface area (Å²) in [6, 6.07) is 22.4. The largest absolute Gasteiger partial charge is 0.496 e. The van der Waals surface area contributed by atoms with Crippen molar-refractivity contribution in [2.75, 3.05) is 60.0 Å². The number of carbonyl (C=O) groups excluding carboxylic acids is 1. The first-order valence-corrected chi connectivity index (χ1v) is 23.4. The number of piperazine rings is 1. The zero-order valence-corrected chi connectivity index (χ0v) is 39.3. The molecule has 3 aliphatic heterocycles. The number of likely N-dealkylation sites (N-methyl/N-ethyl adjacent to an activating group) is 1. The second kappa shape index (κ2) is 20.4. The molecule has 0 saturated carbocycles. The molecule has 67 heavy (non-hydrogen) atoms. The number of hydrogen-bond acceptors (Lipinski definition) is 13. The van der Waals surface area contributed by atoms with E-state index < -0.39 is 17.9 Å². The quantitative estimate of drug-likeness (QED) is 0.115. The van der Waals surface area contributed by atoms with Crippen LogP contribution in [-0.2, 0) is 35.6 Å². The van der Waals surface area contributed by atoms with Gasteiger partial charge in [-0.25, -0.2) is 33.5 Å². The molecule has 0 spiro atoms. The van der Waals surface area contributed by atoms with E-state index in [0.29, 0.717) is 56.6 Å². The normalized spacial score (nSPS) is 16.0. The maximum atomic E-state index is 14.4. The number of esters is 1. The predicted molar refractivity (Wildman–Crippen MR) is 256 cm³/mol. The van der Waals surface area contributed by atoms with Crippen molar-refractivity contribution >= 4 is 39.1 Å². The van der Waals surface area contributed by atoms with Gasteiger partial charge in [-0.2, -0.15) is 0 Å². The molecule has 3 aromatic heterocycles. The number of hydrogen-bond donors (Lipinski definition) is 0. The average molecular weight is 947 g/mol. The van der Waals surface area contributed by atoms with Crippen molar-refractivity contribution in [1.29, 1.82) is 0 Å². The Labute approximate surface area is 397 Å². The molecule has 6 heterocycles. The molecule has 4 bridgehead atoms. The van der Waals surface area contributed by atoms with E-state index >= 15 is 0 Å². The van der Waals surface area contributed by atoms with E-state index in [-0.39, 0.29) is 37.2 Å². The van der Waals surface area contributed by atoms with Crippen molar-refractivity contribution in [3.8, 4) is 50.3 Å². The second-order valence-corrected chi connectivity index (χ2v) is 18.1. The summed E-state index contributed by atoms with van der Waals surface area (Å²) in [5, 5.41) is 1.23. The van der Waals surface area contributed by atoms with Gasteiger partial charge in [-0.15, -0.1) is 11.3 Å².